The first kappa shape index (κ1) is 17.7. The summed E-state index contributed by atoms with van der Waals surface area (Å²) in [7, 11) is 0. The second-order valence-electron chi connectivity index (χ2n) is 6.97. The Balaban J connectivity index is 1.25. The van der Waals surface area contributed by atoms with Gasteiger partial charge >= 0.3 is 0 Å². The SMILES string of the molecule is O=C(CCc1ccccc1O)N1CCN(Cc2ccc3c(c2)OCO3)CC1. The number of hydrogen-bond acceptors (Lipinski definition) is 5. The second kappa shape index (κ2) is 7.88. The molecule has 0 bridgehead atoms. The Kier molecular flexibility index (Phi) is 5.16. The Bertz CT molecular complexity index is 816. The molecule has 0 atom stereocenters. The van der Waals surface area contributed by atoms with Crippen LogP contribution in [0.1, 0.15) is 17.5 Å². The molecular weight excluding hydrogens is 344 g/mol. The Labute approximate surface area is 158 Å². The Morgan fingerprint density at radius 1 is 1.00 bits per heavy atom. The Hall–Kier alpha value is -2.73. The lowest BCUT2D eigenvalue weighted by Crippen LogP contribution is -2.48. The van der Waals surface area contributed by atoms with Gasteiger partial charge in [-0.3, -0.25) is 9.69 Å². The normalized spacial score (nSPS) is 16.5. The molecule has 2 aromatic rings. The largest absolute Gasteiger partial charge is 0.508 e. The molecular formula is C21H24N2O4. The molecule has 2 heterocycles. The van der Waals surface area contributed by atoms with Gasteiger partial charge in [0.2, 0.25) is 12.7 Å². The zero-order valence-electron chi connectivity index (χ0n) is 15.3. The predicted octanol–water partition coefficient (Wildman–Crippen LogP) is 2.40. The summed E-state index contributed by atoms with van der Waals surface area (Å²) in [5, 5.41) is 9.82. The third-order valence-electron chi connectivity index (χ3n) is 5.17. The van der Waals surface area contributed by atoms with Crippen LogP contribution in [0, 0.1) is 0 Å². The van der Waals surface area contributed by atoms with Crippen LogP contribution in [0.5, 0.6) is 17.2 Å². The number of para-hydroxylation sites is 1. The average Bonchev–Trinajstić information content (AvgIpc) is 3.15. The molecule has 1 fully saturated rings. The standard InChI is InChI=1S/C21H24N2O4/c24-18-4-2-1-3-17(18)6-8-21(25)23-11-9-22(10-12-23)14-16-5-7-19-20(13-16)27-15-26-19/h1-5,7,13,24H,6,8-12,14-15H2. The monoisotopic (exact) mass is 368 g/mol. The van der Waals surface area contributed by atoms with Crippen molar-refractivity contribution in [2.75, 3.05) is 33.0 Å². The van der Waals surface area contributed by atoms with Gasteiger partial charge in [-0.2, -0.15) is 0 Å². The van der Waals surface area contributed by atoms with Crippen LogP contribution in [-0.2, 0) is 17.8 Å². The number of rotatable bonds is 5. The average molecular weight is 368 g/mol. The minimum atomic E-state index is 0.154. The summed E-state index contributed by atoms with van der Waals surface area (Å²) in [5.41, 5.74) is 2.02. The van der Waals surface area contributed by atoms with E-state index in [1.54, 1.807) is 12.1 Å². The lowest BCUT2D eigenvalue weighted by molar-refractivity contribution is -0.133. The maximum Gasteiger partial charge on any atom is 0.231 e. The predicted molar refractivity (Wildman–Crippen MR) is 101 cm³/mol. The van der Waals surface area contributed by atoms with Crippen LogP contribution in [0.25, 0.3) is 0 Å². The molecule has 1 N–H and O–H groups in total. The number of ether oxygens (including phenoxy) is 2. The van der Waals surface area contributed by atoms with Crippen LogP contribution in [0.2, 0.25) is 0 Å². The van der Waals surface area contributed by atoms with E-state index in [1.165, 1.54) is 5.56 Å². The van der Waals surface area contributed by atoms with Crippen molar-refractivity contribution in [2.45, 2.75) is 19.4 Å². The van der Waals surface area contributed by atoms with Gasteiger partial charge < -0.3 is 19.5 Å². The highest BCUT2D eigenvalue weighted by atomic mass is 16.7. The molecule has 0 radical (unpaired) electrons. The number of benzene rings is 2. The van der Waals surface area contributed by atoms with Crippen LogP contribution in [0.15, 0.2) is 42.5 Å². The maximum atomic E-state index is 12.5. The van der Waals surface area contributed by atoms with Crippen LogP contribution < -0.4 is 9.47 Å². The van der Waals surface area contributed by atoms with Gasteiger partial charge in [0, 0.05) is 39.1 Å². The van der Waals surface area contributed by atoms with Crippen molar-refractivity contribution in [3.8, 4) is 17.2 Å². The molecule has 2 aliphatic heterocycles. The molecule has 0 unspecified atom stereocenters. The minimum absolute atomic E-state index is 0.154. The summed E-state index contributed by atoms with van der Waals surface area (Å²) in [6.45, 7) is 4.33. The van der Waals surface area contributed by atoms with Crippen LogP contribution in [0.4, 0.5) is 0 Å². The fraction of sp³-hybridized carbons (Fsp3) is 0.381. The second-order valence-corrected chi connectivity index (χ2v) is 6.97. The molecule has 0 aliphatic carbocycles. The van der Waals surface area contributed by atoms with E-state index in [4.69, 9.17) is 9.47 Å². The smallest absolute Gasteiger partial charge is 0.231 e. The van der Waals surface area contributed by atoms with E-state index in [0.717, 1.165) is 49.8 Å². The van der Waals surface area contributed by atoms with E-state index in [2.05, 4.69) is 11.0 Å². The molecule has 6 heteroatoms. The zero-order chi connectivity index (χ0) is 18.6. The lowest BCUT2D eigenvalue weighted by atomic mass is 10.1. The van der Waals surface area contributed by atoms with E-state index in [1.807, 2.05) is 29.2 Å². The fourth-order valence-electron chi connectivity index (χ4n) is 3.57. The number of aryl methyl sites for hydroxylation is 1. The molecule has 1 saturated heterocycles. The maximum absolute atomic E-state index is 12.5. The Morgan fingerprint density at radius 3 is 2.59 bits per heavy atom. The fourth-order valence-corrected chi connectivity index (χ4v) is 3.57. The van der Waals surface area contributed by atoms with E-state index in [-0.39, 0.29) is 11.7 Å². The molecule has 0 spiro atoms. The van der Waals surface area contributed by atoms with Gasteiger partial charge in [-0.05, 0) is 35.7 Å². The third kappa shape index (κ3) is 4.17. The van der Waals surface area contributed by atoms with Gasteiger partial charge in [-0.1, -0.05) is 24.3 Å². The summed E-state index contributed by atoms with van der Waals surface area (Å²) in [6, 6.07) is 13.3. The van der Waals surface area contributed by atoms with Crippen LogP contribution >= 0.6 is 0 Å². The topological polar surface area (TPSA) is 62.2 Å². The molecule has 142 valence electrons. The van der Waals surface area contributed by atoms with Gasteiger partial charge in [0.05, 0.1) is 0 Å². The van der Waals surface area contributed by atoms with Crippen molar-refractivity contribution in [1.29, 1.82) is 0 Å². The molecule has 2 aromatic carbocycles. The Morgan fingerprint density at radius 2 is 1.78 bits per heavy atom. The van der Waals surface area contributed by atoms with E-state index < -0.39 is 0 Å². The molecule has 1 amide bonds. The number of carbonyl (C=O) groups is 1. The first-order valence-electron chi connectivity index (χ1n) is 9.34. The van der Waals surface area contributed by atoms with E-state index >= 15 is 0 Å². The highest BCUT2D eigenvalue weighted by Crippen LogP contribution is 2.32. The number of phenols is 1. The van der Waals surface area contributed by atoms with Gasteiger partial charge in [0.1, 0.15) is 5.75 Å². The van der Waals surface area contributed by atoms with Crippen molar-refractivity contribution in [2.24, 2.45) is 0 Å². The number of nitrogens with zero attached hydrogens (tertiary/aromatic N) is 2. The van der Waals surface area contributed by atoms with Crippen molar-refractivity contribution < 1.29 is 19.4 Å². The molecule has 2 aliphatic rings. The molecule has 0 aromatic heterocycles. The third-order valence-corrected chi connectivity index (χ3v) is 5.17. The summed E-state index contributed by atoms with van der Waals surface area (Å²) < 4.78 is 10.8. The summed E-state index contributed by atoms with van der Waals surface area (Å²) in [4.78, 5) is 16.7. The molecule has 0 saturated carbocycles. The van der Waals surface area contributed by atoms with E-state index in [0.29, 0.717) is 19.6 Å². The molecule has 4 rings (SSSR count). The number of amides is 1. The van der Waals surface area contributed by atoms with Gasteiger partial charge in [-0.25, -0.2) is 0 Å². The number of piperazine rings is 1. The number of hydrogen-bond donors (Lipinski definition) is 1. The summed E-state index contributed by atoms with van der Waals surface area (Å²) >= 11 is 0. The zero-order valence-corrected chi connectivity index (χ0v) is 15.3. The van der Waals surface area contributed by atoms with E-state index in [9.17, 15) is 9.90 Å². The molecule has 6 nitrogen and oxygen atoms in total. The first-order valence-corrected chi connectivity index (χ1v) is 9.34. The number of aromatic hydroxyl groups is 1. The van der Waals surface area contributed by atoms with Crippen molar-refractivity contribution >= 4 is 5.91 Å². The van der Waals surface area contributed by atoms with Gasteiger partial charge in [-0.15, -0.1) is 0 Å². The highest BCUT2D eigenvalue weighted by Gasteiger charge is 2.22. The quantitative estimate of drug-likeness (QED) is 0.878. The van der Waals surface area contributed by atoms with Crippen LogP contribution in [-0.4, -0.2) is 53.8 Å². The van der Waals surface area contributed by atoms with Crippen molar-refractivity contribution in [3.05, 3.63) is 53.6 Å². The number of fused-ring (bicyclic) bond motifs is 1. The lowest BCUT2D eigenvalue weighted by Gasteiger charge is -2.35. The van der Waals surface area contributed by atoms with Crippen molar-refractivity contribution in [3.63, 3.8) is 0 Å². The van der Waals surface area contributed by atoms with Gasteiger partial charge in [0.25, 0.3) is 0 Å². The first-order chi connectivity index (χ1) is 13.2. The molecule has 27 heavy (non-hydrogen) atoms. The highest BCUT2D eigenvalue weighted by molar-refractivity contribution is 5.76. The van der Waals surface area contributed by atoms with Gasteiger partial charge in [0.15, 0.2) is 11.5 Å². The summed E-state index contributed by atoms with van der Waals surface area (Å²) in [5.74, 6) is 2.03. The number of carbonyl (C=O) groups excluding carboxylic acids is 1. The van der Waals surface area contributed by atoms with Crippen LogP contribution in [0.3, 0.4) is 0 Å². The number of phenolic OH excluding ortho intramolecular Hbond substituents is 1. The summed E-state index contributed by atoms with van der Waals surface area (Å²) in [6.07, 6.45) is 1.00. The minimum Gasteiger partial charge on any atom is -0.508 e. The van der Waals surface area contributed by atoms with Crippen molar-refractivity contribution in [1.82, 2.24) is 9.80 Å².